The molecule has 0 saturated carbocycles. The van der Waals surface area contributed by atoms with Crippen LogP contribution in [0.25, 0.3) is 0 Å². The van der Waals surface area contributed by atoms with Gasteiger partial charge in [-0.05, 0) is 42.2 Å². The van der Waals surface area contributed by atoms with E-state index in [0.29, 0.717) is 31.4 Å². The van der Waals surface area contributed by atoms with Crippen LogP contribution in [0, 0.1) is 11.8 Å². The summed E-state index contributed by atoms with van der Waals surface area (Å²) < 4.78 is 0. The van der Waals surface area contributed by atoms with E-state index in [1.807, 2.05) is 64.3 Å². The minimum absolute atomic E-state index is 0.141. The molecule has 4 N–H and O–H groups in total. The quantitative estimate of drug-likeness (QED) is 0.137. The second kappa shape index (κ2) is 17.9. The first kappa shape index (κ1) is 33.5. The van der Waals surface area contributed by atoms with Crippen LogP contribution in [0.1, 0.15) is 52.5 Å². The van der Waals surface area contributed by atoms with Gasteiger partial charge in [0.25, 0.3) is 0 Å². The molecule has 0 bridgehead atoms. The van der Waals surface area contributed by atoms with Crippen LogP contribution in [0.4, 0.5) is 0 Å². The summed E-state index contributed by atoms with van der Waals surface area (Å²) in [7, 11) is 0. The fourth-order valence-corrected chi connectivity index (χ4v) is 4.49. The lowest BCUT2D eigenvalue weighted by molar-refractivity contribution is -0.134. The van der Waals surface area contributed by atoms with Crippen LogP contribution in [-0.4, -0.2) is 65.4 Å². The van der Waals surface area contributed by atoms with Gasteiger partial charge in [-0.15, -0.1) is 12.6 Å². The van der Waals surface area contributed by atoms with Gasteiger partial charge in [0.05, 0.1) is 6.04 Å². The molecule has 0 aliphatic carbocycles. The number of thiol groups is 1. The average Bonchev–Trinajstić information content (AvgIpc) is 2.88. The Hall–Kier alpha value is -2.53. The topological polar surface area (TPSA) is 133 Å². The van der Waals surface area contributed by atoms with Gasteiger partial charge in [0, 0.05) is 6.42 Å². The van der Waals surface area contributed by atoms with Crippen molar-refractivity contribution in [1.29, 1.82) is 0 Å². The zero-order valence-electron chi connectivity index (χ0n) is 22.9. The lowest BCUT2D eigenvalue weighted by Crippen LogP contribution is -2.59. The number of carbonyl (C=O) groups is 5. The lowest BCUT2D eigenvalue weighted by atomic mass is 9.96. The summed E-state index contributed by atoms with van der Waals surface area (Å²) >= 11 is 5.47. The second-order valence-corrected chi connectivity index (χ2v) is 11.2. The van der Waals surface area contributed by atoms with E-state index in [-0.39, 0.29) is 18.3 Å². The SMILES string of the molecule is CCC(C)C(NC(=O)C(CCSC)NC=O)C(=O)NC(Cc1ccccc1)C(=O)NC(CC(C)C)C(=O)S. The van der Waals surface area contributed by atoms with E-state index in [4.69, 9.17) is 0 Å². The average molecular weight is 567 g/mol. The van der Waals surface area contributed by atoms with Crippen LogP contribution in [0.15, 0.2) is 30.3 Å². The Morgan fingerprint density at radius 1 is 0.921 bits per heavy atom. The summed E-state index contributed by atoms with van der Waals surface area (Å²) in [6, 6.07) is 5.72. The molecule has 5 atom stereocenters. The molecule has 0 aromatic heterocycles. The first-order valence-electron chi connectivity index (χ1n) is 12.9. The molecule has 9 nitrogen and oxygen atoms in total. The number of hydrogen-bond acceptors (Lipinski definition) is 6. The number of nitrogens with one attached hydrogen (secondary N) is 4. The van der Waals surface area contributed by atoms with Crippen molar-refractivity contribution in [2.45, 2.75) is 77.5 Å². The van der Waals surface area contributed by atoms with Crippen LogP contribution in [0.5, 0.6) is 0 Å². The molecule has 212 valence electrons. The van der Waals surface area contributed by atoms with Gasteiger partial charge in [-0.2, -0.15) is 11.8 Å². The molecule has 0 radical (unpaired) electrons. The number of rotatable bonds is 18. The van der Waals surface area contributed by atoms with Gasteiger partial charge >= 0.3 is 0 Å². The zero-order chi connectivity index (χ0) is 28.7. The highest BCUT2D eigenvalue weighted by Crippen LogP contribution is 2.13. The molecule has 0 fully saturated rings. The van der Waals surface area contributed by atoms with E-state index in [1.165, 1.54) is 0 Å². The van der Waals surface area contributed by atoms with Crippen LogP contribution in [-0.2, 0) is 30.4 Å². The smallest absolute Gasteiger partial charge is 0.243 e. The molecule has 1 aromatic carbocycles. The maximum atomic E-state index is 13.5. The normalized spacial score (nSPS) is 14.9. The van der Waals surface area contributed by atoms with Crippen LogP contribution in [0.3, 0.4) is 0 Å². The first-order chi connectivity index (χ1) is 18.0. The molecule has 4 amide bonds. The molecular weight excluding hydrogens is 524 g/mol. The summed E-state index contributed by atoms with van der Waals surface area (Å²) in [5, 5.41) is 10.4. The van der Waals surface area contributed by atoms with E-state index in [0.717, 1.165) is 5.56 Å². The van der Waals surface area contributed by atoms with Crippen LogP contribution >= 0.6 is 24.4 Å². The van der Waals surface area contributed by atoms with E-state index < -0.39 is 47.0 Å². The zero-order valence-corrected chi connectivity index (χ0v) is 24.6. The molecule has 0 aliphatic heterocycles. The largest absolute Gasteiger partial charge is 0.347 e. The monoisotopic (exact) mass is 566 g/mol. The fourth-order valence-electron chi connectivity index (χ4n) is 3.85. The summed E-state index contributed by atoms with van der Waals surface area (Å²) in [4.78, 5) is 62.9. The Labute approximate surface area is 235 Å². The highest BCUT2D eigenvalue weighted by molar-refractivity contribution is 7.98. The summed E-state index contributed by atoms with van der Waals surface area (Å²) in [6.07, 6.45) is 3.98. The Bertz CT molecular complexity index is 916. The Kier molecular flexibility index (Phi) is 15.8. The van der Waals surface area contributed by atoms with E-state index >= 15 is 0 Å². The molecule has 0 saturated heterocycles. The van der Waals surface area contributed by atoms with Gasteiger partial charge < -0.3 is 21.3 Å². The van der Waals surface area contributed by atoms with E-state index in [2.05, 4.69) is 33.9 Å². The second-order valence-electron chi connectivity index (χ2n) is 9.77. The third-order valence-electron chi connectivity index (χ3n) is 6.23. The minimum Gasteiger partial charge on any atom is -0.347 e. The lowest BCUT2D eigenvalue weighted by Gasteiger charge is -2.28. The van der Waals surface area contributed by atoms with Crippen molar-refractivity contribution in [2.24, 2.45) is 11.8 Å². The Morgan fingerprint density at radius 2 is 1.53 bits per heavy atom. The van der Waals surface area contributed by atoms with Crippen molar-refractivity contribution in [3.8, 4) is 0 Å². The third-order valence-corrected chi connectivity index (χ3v) is 7.18. The predicted molar refractivity (Wildman–Crippen MR) is 155 cm³/mol. The molecule has 0 spiro atoms. The molecule has 1 aromatic rings. The standard InChI is InChI=1S/C27H42N4O5S2/c1-6-18(4)23(31-24(33)20(28-16-32)12-13-38-5)26(35)29-21(15-19-10-8-7-9-11-19)25(34)30-22(27(36)37)14-17(2)3/h7-11,16-18,20-23H,6,12-15H2,1-5H3,(H,28,32)(H,29,35)(H,30,34)(H,31,33)(H,36,37). The third kappa shape index (κ3) is 11.9. The number of amides is 4. The summed E-state index contributed by atoms with van der Waals surface area (Å²) in [6.45, 7) is 7.60. The first-order valence-corrected chi connectivity index (χ1v) is 14.7. The molecule has 11 heteroatoms. The van der Waals surface area contributed by atoms with Crippen molar-refractivity contribution in [3.63, 3.8) is 0 Å². The molecule has 1 rings (SSSR count). The Balaban J connectivity index is 3.17. The summed E-state index contributed by atoms with van der Waals surface area (Å²) in [5.41, 5.74) is 0.821. The van der Waals surface area contributed by atoms with Crippen molar-refractivity contribution in [3.05, 3.63) is 35.9 Å². The van der Waals surface area contributed by atoms with E-state index in [9.17, 15) is 24.0 Å². The number of benzene rings is 1. The van der Waals surface area contributed by atoms with Gasteiger partial charge in [-0.1, -0.05) is 64.4 Å². The molecular formula is C27H42N4O5S2. The van der Waals surface area contributed by atoms with E-state index in [1.54, 1.807) is 11.8 Å². The van der Waals surface area contributed by atoms with Crippen LogP contribution < -0.4 is 21.3 Å². The molecule has 5 unspecified atom stereocenters. The van der Waals surface area contributed by atoms with Gasteiger partial charge in [0.2, 0.25) is 29.2 Å². The minimum atomic E-state index is -0.990. The predicted octanol–water partition coefficient (Wildman–Crippen LogP) is 2.10. The maximum absolute atomic E-state index is 13.5. The maximum Gasteiger partial charge on any atom is 0.243 e. The van der Waals surface area contributed by atoms with Gasteiger partial charge in [0.1, 0.15) is 18.1 Å². The number of carbonyl (C=O) groups excluding carboxylic acids is 5. The highest BCUT2D eigenvalue weighted by atomic mass is 32.2. The van der Waals surface area contributed by atoms with Crippen molar-refractivity contribution >= 4 is 53.6 Å². The highest BCUT2D eigenvalue weighted by Gasteiger charge is 2.33. The molecule has 0 heterocycles. The van der Waals surface area contributed by atoms with Crippen molar-refractivity contribution in [2.75, 3.05) is 12.0 Å². The number of hydrogen-bond donors (Lipinski definition) is 5. The Morgan fingerprint density at radius 3 is 2.05 bits per heavy atom. The number of thioether (sulfide) groups is 1. The van der Waals surface area contributed by atoms with Crippen molar-refractivity contribution < 1.29 is 24.0 Å². The fraction of sp³-hybridized carbons (Fsp3) is 0.593. The van der Waals surface area contributed by atoms with Gasteiger partial charge in [0.15, 0.2) is 0 Å². The molecule has 38 heavy (non-hydrogen) atoms. The van der Waals surface area contributed by atoms with Crippen molar-refractivity contribution in [1.82, 2.24) is 21.3 Å². The summed E-state index contributed by atoms with van der Waals surface area (Å²) in [5.74, 6) is -0.943. The van der Waals surface area contributed by atoms with Gasteiger partial charge in [-0.25, -0.2) is 0 Å². The van der Waals surface area contributed by atoms with Gasteiger partial charge in [-0.3, -0.25) is 24.0 Å². The molecule has 0 aliphatic rings. The van der Waals surface area contributed by atoms with Crippen LogP contribution in [0.2, 0.25) is 0 Å².